The predicted octanol–water partition coefficient (Wildman–Crippen LogP) is 1.82. The number of hydrogen-bond acceptors (Lipinski definition) is 3. The van der Waals surface area contributed by atoms with Gasteiger partial charge in [-0.3, -0.25) is 4.79 Å². The highest BCUT2D eigenvalue weighted by atomic mass is 16.1. The van der Waals surface area contributed by atoms with Crippen LogP contribution in [0.1, 0.15) is 17.7 Å². The molecule has 0 unspecified atom stereocenters. The Hall–Kier alpha value is -2.74. The molecule has 2 heterocycles. The van der Waals surface area contributed by atoms with Gasteiger partial charge in [0.2, 0.25) is 5.91 Å². The van der Waals surface area contributed by atoms with E-state index in [1.54, 1.807) is 29.0 Å². The summed E-state index contributed by atoms with van der Waals surface area (Å²) < 4.78 is 1.76. The van der Waals surface area contributed by atoms with Crippen LogP contribution in [-0.2, 0) is 11.2 Å². The third-order valence-corrected chi connectivity index (χ3v) is 3.27. The predicted molar refractivity (Wildman–Crippen MR) is 71.8 cm³/mol. The zero-order valence-corrected chi connectivity index (χ0v) is 10.2. The zero-order chi connectivity index (χ0) is 13.4. The van der Waals surface area contributed by atoms with E-state index in [9.17, 15) is 4.79 Å². The first-order chi connectivity index (χ1) is 9.19. The smallest absolute Gasteiger partial charge is 0.224 e. The van der Waals surface area contributed by atoms with Gasteiger partial charge in [-0.1, -0.05) is 0 Å². The van der Waals surface area contributed by atoms with Crippen LogP contribution in [0, 0.1) is 11.3 Å². The minimum absolute atomic E-state index is 0.0123. The van der Waals surface area contributed by atoms with E-state index in [4.69, 9.17) is 11.0 Å². The Morgan fingerprint density at radius 2 is 2.21 bits per heavy atom. The van der Waals surface area contributed by atoms with Crippen molar-refractivity contribution in [2.45, 2.75) is 12.8 Å². The Labute approximate surface area is 110 Å². The van der Waals surface area contributed by atoms with Crippen LogP contribution in [0.2, 0.25) is 0 Å². The summed E-state index contributed by atoms with van der Waals surface area (Å²) >= 11 is 0. The van der Waals surface area contributed by atoms with Crippen molar-refractivity contribution in [2.75, 3.05) is 11.1 Å². The number of carbonyl (C=O) groups is 1. The van der Waals surface area contributed by atoms with Gasteiger partial charge in [0.15, 0.2) is 0 Å². The maximum absolute atomic E-state index is 11.4. The van der Waals surface area contributed by atoms with E-state index in [1.807, 2.05) is 6.07 Å². The normalized spacial score (nSPS) is 13.5. The molecule has 1 aromatic heterocycles. The van der Waals surface area contributed by atoms with Crippen LogP contribution in [0.25, 0.3) is 5.69 Å². The molecule has 2 aromatic rings. The van der Waals surface area contributed by atoms with Crippen LogP contribution in [0.15, 0.2) is 30.5 Å². The Morgan fingerprint density at radius 1 is 1.37 bits per heavy atom. The number of aromatic nitrogens is 1. The van der Waals surface area contributed by atoms with E-state index < -0.39 is 0 Å². The lowest BCUT2D eigenvalue weighted by molar-refractivity contribution is -0.116. The van der Waals surface area contributed by atoms with Crippen molar-refractivity contribution in [3.05, 3.63) is 41.7 Å². The summed E-state index contributed by atoms with van der Waals surface area (Å²) in [4.78, 5) is 11.4. The summed E-state index contributed by atoms with van der Waals surface area (Å²) in [6.07, 6.45) is 2.97. The molecular weight excluding hydrogens is 240 g/mol. The lowest BCUT2D eigenvalue weighted by Crippen LogP contribution is -2.19. The number of nitrogens with zero attached hydrogens (tertiary/aromatic N) is 2. The first-order valence-electron chi connectivity index (χ1n) is 5.99. The molecule has 0 fully saturated rings. The van der Waals surface area contributed by atoms with Crippen LogP contribution in [0.4, 0.5) is 11.4 Å². The van der Waals surface area contributed by atoms with Crippen molar-refractivity contribution in [3.8, 4) is 11.8 Å². The molecule has 1 aromatic carbocycles. The van der Waals surface area contributed by atoms with Crippen molar-refractivity contribution in [1.82, 2.24) is 4.57 Å². The van der Waals surface area contributed by atoms with E-state index in [0.717, 1.165) is 16.9 Å². The van der Waals surface area contributed by atoms with E-state index in [1.165, 1.54) is 0 Å². The standard InChI is InChI=1S/C14H12N4O/c15-8-10-2-1-5-18(10)13-6-9-3-4-14(19)17-12(9)7-11(13)16/h1-2,5-7H,3-4,16H2,(H,17,19). The number of benzene rings is 1. The Bertz CT molecular complexity index is 709. The largest absolute Gasteiger partial charge is 0.397 e. The molecule has 1 amide bonds. The van der Waals surface area contributed by atoms with E-state index in [2.05, 4.69) is 11.4 Å². The minimum Gasteiger partial charge on any atom is -0.397 e. The molecule has 94 valence electrons. The van der Waals surface area contributed by atoms with Crippen molar-refractivity contribution in [1.29, 1.82) is 5.26 Å². The maximum Gasteiger partial charge on any atom is 0.224 e. The third-order valence-electron chi connectivity index (χ3n) is 3.27. The van der Waals surface area contributed by atoms with Gasteiger partial charge in [-0.05, 0) is 36.2 Å². The fourth-order valence-corrected chi connectivity index (χ4v) is 2.32. The fraction of sp³-hybridized carbons (Fsp3) is 0.143. The van der Waals surface area contributed by atoms with Gasteiger partial charge in [-0.2, -0.15) is 5.26 Å². The number of hydrogen-bond donors (Lipinski definition) is 2. The fourth-order valence-electron chi connectivity index (χ4n) is 2.32. The van der Waals surface area contributed by atoms with E-state index >= 15 is 0 Å². The average molecular weight is 252 g/mol. The molecular formula is C14H12N4O. The SMILES string of the molecule is N#Cc1cccn1-c1cc2c(cc1N)NC(=O)CC2. The van der Waals surface area contributed by atoms with E-state index in [0.29, 0.717) is 24.2 Å². The highest BCUT2D eigenvalue weighted by Gasteiger charge is 2.17. The number of rotatable bonds is 1. The number of nitrogens with two attached hydrogens (primary N) is 1. The highest BCUT2D eigenvalue weighted by Crippen LogP contribution is 2.30. The zero-order valence-electron chi connectivity index (χ0n) is 10.2. The number of anilines is 2. The molecule has 3 N–H and O–H groups in total. The molecule has 0 saturated heterocycles. The summed E-state index contributed by atoms with van der Waals surface area (Å²) in [5, 5.41) is 11.9. The molecule has 0 saturated carbocycles. The molecule has 0 atom stereocenters. The summed E-state index contributed by atoms with van der Waals surface area (Å²) in [7, 11) is 0. The van der Waals surface area contributed by atoms with Crippen LogP contribution in [-0.4, -0.2) is 10.5 Å². The second kappa shape index (κ2) is 4.18. The topological polar surface area (TPSA) is 83.8 Å². The summed E-state index contributed by atoms with van der Waals surface area (Å²) in [5.41, 5.74) is 9.68. The van der Waals surface area contributed by atoms with Gasteiger partial charge in [0.05, 0.1) is 11.4 Å². The maximum atomic E-state index is 11.4. The lowest BCUT2D eigenvalue weighted by atomic mass is 10.0. The quantitative estimate of drug-likeness (QED) is 0.759. The minimum atomic E-state index is 0.0123. The first-order valence-corrected chi connectivity index (χ1v) is 5.99. The van der Waals surface area contributed by atoms with Crippen LogP contribution >= 0.6 is 0 Å². The molecule has 0 radical (unpaired) electrons. The number of nitrogens with one attached hydrogen (secondary N) is 1. The lowest BCUT2D eigenvalue weighted by Gasteiger charge is -2.19. The molecule has 1 aliphatic rings. The average Bonchev–Trinajstić information content (AvgIpc) is 2.86. The molecule has 5 heteroatoms. The van der Waals surface area contributed by atoms with Gasteiger partial charge >= 0.3 is 0 Å². The number of fused-ring (bicyclic) bond motifs is 1. The second-order valence-electron chi connectivity index (χ2n) is 4.49. The Balaban J connectivity index is 2.14. The van der Waals surface area contributed by atoms with Gasteiger partial charge in [0, 0.05) is 18.3 Å². The number of aryl methyl sites for hydroxylation is 1. The number of nitrogen functional groups attached to an aromatic ring is 1. The van der Waals surface area contributed by atoms with Crippen LogP contribution < -0.4 is 11.1 Å². The summed E-state index contributed by atoms with van der Waals surface area (Å²) in [6.45, 7) is 0. The van der Waals surface area contributed by atoms with Crippen molar-refractivity contribution in [2.24, 2.45) is 0 Å². The second-order valence-corrected chi connectivity index (χ2v) is 4.49. The van der Waals surface area contributed by atoms with E-state index in [-0.39, 0.29) is 5.91 Å². The Morgan fingerprint density at radius 3 is 3.00 bits per heavy atom. The van der Waals surface area contributed by atoms with Crippen molar-refractivity contribution in [3.63, 3.8) is 0 Å². The number of nitriles is 1. The molecule has 3 rings (SSSR count). The van der Waals surface area contributed by atoms with Crippen LogP contribution in [0.3, 0.4) is 0 Å². The number of amides is 1. The number of carbonyl (C=O) groups excluding carboxylic acids is 1. The molecule has 0 aliphatic carbocycles. The van der Waals surface area contributed by atoms with Gasteiger partial charge < -0.3 is 15.6 Å². The summed E-state index contributed by atoms with van der Waals surface area (Å²) in [5.74, 6) is 0.0123. The summed E-state index contributed by atoms with van der Waals surface area (Å²) in [6, 6.07) is 9.36. The molecule has 0 spiro atoms. The van der Waals surface area contributed by atoms with Crippen LogP contribution in [0.5, 0.6) is 0 Å². The van der Waals surface area contributed by atoms with Gasteiger partial charge in [-0.15, -0.1) is 0 Å². The van der Waals surface area contributed by atoms with Crippen molar-refractivity contribution >= 4 is 17.3 Å². The molecule has 19 heavy (non-hydrogen) atoms. The van der Waals surface area contributed by atoms with Crippen molar-refractivity contribution < 1.29 is 4.79 Å². The Kier molecular flexibility index (Phi) is 2.50. The van der Waals surface area contributed by atoms with Gasteiger partial charge in [-0.25, -0.2) is 0 Å². The monoisotopic (exact) mass is 252 g/mol. The molecule has 5 nitrogen and oxygen atoms in total. The molecule has 1 aliphatic heterocycles. The third kappa shape index (κ3) is 1.83. The van der Waals surface area contributed by atoms with Gasteiger partial charge in [0.25, 0.3) is 0 Å². The van der Waals surface area contributed by atoms with Gasteiger partial charge in [0.1, 0.15) is 11.8 Å². The first kappa shape index (κ1) is 11.4. The highest BCUT2D eigenvalue weighted by molar-refractivity contribution is 5.95. The molecule has 0 bridgehead atoms.